The van der Waals surface area contributed by atoms with E-state index >= 15 is 0 Å². The van der Waals surface area contributed by atoms with Gasteiger partial charge in [0, 0.05) is 37.5 Å². The molecule has 148 valence electrons. The maximum atomic E-state index is 5.45. The van der Waals surface area contributed by atoms with Crippen LogP contribution < -0.4 is 20.1 Å². The Kier molecular flexibility index (Phi) is 7.52. The fourth-order valence-corrected chi connectivity index (χ4v) is 2.97. The highest BCUT2D eigenvalue weighted by Crippen LogP contribution is 2.25. The van der Waals surface area contributed by atoms with Gasteiger partial charge >= 0.3 is 0 Å². The summed E-state index contributed by atoms with van der Waals surface area (Å²) in [7, 11) is 5.28. The number of benzene rings is 1. The van der Waals surface area contributed by atoms with E-state index < -0.39 is 0 Å². The highest BCUT2D eigenvalue weighted by Gasteiger charge is 2.09. The lowest BCUT2D eigenvalue weighted by Gasteiger charge is -2.13. The Balaban J connectivity index is 2.02. The molecule has 2 rings (SSSR count). The molecular weight excluding hydrogens is 342 g/mol. The molecule has 2 N–H and O–H groups in total. The van der Waals surface area contributed by atoms with E-state index in [0.29, 0.717) is 6.54 Å². The molecule has 7 nitrogen and oxygen atoms in total. The summed E-state index contributed by atoms with van der Waals surface area (Å²) in [4.78, 5) is 4.68. The standard InChI is InChI=1S/C20H31N5O2/c1-7-21-20(22-11-10-18-14(2)24-25(4)15(18)3)23-13-16-8-9-17(26-5)12-19(16)27-6/h8-9,12H,7,10-11,13H2,1-6H3,(H2,21,22,23). The molecule has 0 unspecified atom stereocenters. The van der Waals surface area contributed by atoms with Crippen LogP contribution in [-0.2, 0) is 20.0 Å². The summed E-state index contributed by atoms with van der Waals surface area (Å²) in [5.74, 6) is 2.33. The molecule has 0 aliphatic carbocycles. The molecule has 0 amide bonds. The van der Waals surface area contributed by atoms with Gasteiger partial charge in [-0.25, -0.2) is 4.99 Å². The molecule has 0 saturated carbocycles. The van der Waals surface area contributed by atoms with E-state index in [9.17, 15) is 0 Å². The van der Waals surface area contributed by atoms with Gasteiger partial charge in [-0.15, -0.1) is 0 Å². The van der Waals surface area contributed by atoms with Gasteiger partial charge < -0.3 is 20.1 Å². The number of methoxy groups -OCH3 is 2. The van der Waals surface area contributed by atoms with Crippen LogP contribution in [0.5, 0.6) is 11.5 Å². The number of rotatable bonds is 8. The van der Waals surface area contributed by atoms with Gasteiger partial charge in [-0.3, -0.25) is 4.68 Å². The van der Waals surface area contributed by atoms with E-state index in [1.54, 1.807) is 14.2 Å². The van der Waals surface area contributed by atoms with Gasteiger partial charge in [-0.1, -0.05) is 0 Å². The number of hydrogen-bond acceptors (Lipinski definition) is 4. The molecule has 1 heterocycles. The number of nitrogens with zero attached hydrogens (tertiary/aromatic N) is 3. The normalized spacial score (nSPS) is 11.4. The second-order valence-electron chi connectivity index (χ2n) is 6.32. The van der Waals surface area contributed by atoms with Gasteiger partial charge in [0.1, 0.15) is 11.5 Å². The molecule has 2 aromatic rings. The highest BCUT2D eigenvalue weighted by molar-refractivity contribution is 5.79. The van der Waals surface area contributed by atoms with Crippen molar-refractivity contribution in [2.45, 2.75) is 33.7 Å². The topological polar surface area (TPSA) is 72.7 Å². The van der Waals surface area contributed by atoms with E-state index in [0.717, 1.165) is 48.2 Å². The van der Waals surface area contributed by atoms with Crippen molar-refractivity contribution in [1.29, 1.82) is 0 Å². The van der Waals surface area contributed by atoms with Gasteiger partial charge in [0.25, 0.3) is 0 Å². The first-order chi connectivity index (χ1) is 13.0. The van der Waals surface area contributed by atoms with Gasteiger partial charge in [0.15, 0.2) is 5.96 Å². The van der Waals surface area contributed by atoms with Crippen LogP contribution in [0.2, 0.25) is 0 Å². The summed E-state index contributed by atoms with van der Waals surface area (Å²) in [6.45, 7) is 8.33. The lowest BCUT2D eigenvalue weighted by molar-refractivity contribution is 0.391. The second kappa shape index (κ2) is 9.85. The molecule has 0 aliphatic heterocycles. The number of guanidine groups is 1. The minimum Gasteiger partial charge on any atom is -0.497 e. The van der Waals surface area contributed by atoms with Crippen molar-refractivity contribution in [2.75, 3.05) is 27.3 Å². The van der Waals surface area contributed by atoms with E-state index in [2.05, 4.69) is 41.5 Å². The lowest BCUT2D eigenvalue weighted by atomic mass is 10.1. The molecule has 0 spiro atoms. The van der Waals surface area contributed by atoms with Crippen molar-refractivity contribution in [3.63, 3.8) is 0 Å². The Hall–Kier alpha value is -2.70. The molecule has 0 aliphatic rings. The smallest absolute Gasteiger partial charge is 0.191 e. The summed E-state index contributed by atoms with van der Waals surface area (Å²) in [6, 6.07) is 5.77. The van der Waals surface area contributed by atoms with Crippen LogP contribution >= 0.6 is 0 Å². The Morgan fingerprint density at radius 2 is 1.96 bits per heavy atom. The largest absolute Gasteiger partial charge is 0.497 e. The molecule has 0 saturated heterocycles. The van der Waals surface area contributed by atoms with Gasteiger partial charge in [-0.05, 0) is 44.9 Å². The number of aromatic nitrogens is 2. The number of aliphatic imine (C=N–C) groups is 1. The summed E-state index contributed by atoms with van der Waals surface area (Å²) >= 11 is 0. The predicted octanol–water partition coefficient (Wildman–Crippen LogP) is 2.35. The average Bonchev–Trinajstić information content (AvgIpc) is 2.91. The third-order valence-electron chi connectivity index (χ3n) is 4.57. The van der Waals surface area contributed by atoms with E-state index in [4.69, 9.17) is 9.47 Å². The average molecular weight is 374 g/mol. The molecule has 1 aromatic carbocycles. The van der Waals surface area contributed by atoms with Gasteiger partial charge in [-0.2, -0.15) is 5.10 Å². The maximum Gasteiger partial charge on any atom is 0.191 e. The van der Waals surface area contributed by atoms with Crippen LogP contribution in [0.15, 0.2) is 23.2 Å². The summed E-state index contributed by atoms with van der Waals surface area (Å²) < 4.78 is 12.6. The van der Waals surface area contributed by atoms with Crippen molar-refractivity contribution in [3.8, 4) is 11.5 Å². The Bertz CT molecular complexity index is 783. The number of hydrogen-bond donors (Lipinski definition) is 2. The zero-order valence-corrected chi connectivity index (χ0v) is 17.2. The van der Waals surface area contributed by atoms with Crippen molar-refractivity contribution in [1.82, 2.24) is 20.4 Å². The molecule has 0 bridgehead atoms. The van der Waals surface area contributed by atoms with E-state index in [1.165, 1.54) is 11.3 Å². The van der Waals surface area contributed by atoms with Crippen molar-refractivity contribution in [2.24, 2.45) is 12.0 Å². The first-order valence-electron chi connectivity index (χ1n) is 9.22. The Morgan fingerprint density at radius 3 is 2.56 bits per heavy atom. The van der Waals surface area contributed by atoms with Crippen LogP contribution in [0.1, 0.15) is 29.4 Å². The minimum absolute atomic E-state index is 0.521. The van der Waals surface area contributed by atoms with Crippen LogP contribution in [0.25, 0.3) is 0 Å². The van der Waals surface area contributed by atoms with Crippen molar-refractivity contribution >= 4 is 5.96 Å². The molecule has 1 aromatic heterocycles. The first kappa shape index (κ1) is 20.6. The monoisotopic (exact) mass is 373 g/mol. The number of aryl methyl sites for hydroxylation is 2. The molecule has 0 radical (unpaired) electrons. The van der Waals surface area contributed by atoms with Crippen LogP contribution in [0, 0.1) is 13.8 Å². The fourth-order valence-electron chi connectivity index (χ4n) is 2.97. The SMILES string of the molecule is CCNC(=NCc1ccc(OC)cc1OC)NCCc1c(C)nn(C)c1C. The number of nitrogens with one attached hydrogen (secondary N) is 2. The number of ether oxygens (including phenoxy) is 2. The summed E-state index contributed by atoms with van der Waals surface area (Å²) in [6.07, 6.45) is 0.905. The molecule has 0 atom stereocenters. The Labute approximate surface area is 161 Å². The van der Waals surface area contributed by atoms with Crippen LogP contribution in [0.4, 0.5) is 0 Å². The fraction of sp³-hybridized carbons (Fsp3) is 0.500. The van der Waals surface area contributed by atoms with Crippen molar-refractivity contribution < 1.29 is 9.47 Å². The Morgan fingerprint density at radius 1 is 1.19 bits per heavy atom. The molecule has 27 heavy (non-hydrogen) atoms. The van der Waals surface area contributed by atoms with E-state index in [1.807, 2.05) is 29.9 Å². The lowest BCUT2D eigenvalue weighted by Crippen LogP contribution is -2.38. The van der Waals surface area contributed by atoms with Gasteiger partial charge in [0.2, 0.25) is 0 Å². The van der Waals surface area contributed by atoms with Crippen LogP contribution in [-0.4, -0.2) is 43.0 Å². The highest BCUT2D eigenvalue weighted by atomic mass is 16.5. The zero-order valence-electron chi connectivity index (χ0n) is 17.2. The summed E-state index contributed by atoms with van der Waals surface area (Å²) in [5.41, 5.74) is 4.59. The third kappa shape index (κ3) is 5.39. The molecule has 7 heteroatoms. The predicted molar refractivity (Wildman–Crippen MR) is 109 cm³/mol. The minimum atomic E-state index is 0.521. The first-order valence-corrected chi connectivity index (χ1v) is 9.22. The zero-order chi connectivity index (χ0) is 19.8. The maximum absolute atomic E-state index is 5.45. The van der Waals surface area contributed by atoms with Crippen LogP contribution in [0.3, 0.4) is 0 Å². The summed E-state index contributed by atoms with van der Waals surface area (Å²) in [5, 5.41) is 11.2. The molecular formula is C20H31N5O2. The van der Waals surface area contributed by atoms with E-state index in [-0.39, 0.29) is 0 Å². The van der Waals surface area contributed by atoms with Crippen molar-refractivity contribution in [3.05, 3.63) is 40.7 Å². The quantitative estimate of drug-likeness (QED) is 0.549. The second-order valence-corrected chi connectivity index (χ2v) is 6.32. The third-order valence-corrected chi connectivity index (χ3v) is 4.57. The van der Waals surface area contributed by atoms with Gasteiger partial charge in [0.05, 0.1) is 26.5 Å². The molecule has 0 fully saturated rings.